The molecule has 2 aromatic rings. The minimum atomic E-state index is -0.547. The Bertz CT molecular complexity index is 881. The Morgan fingerprint density at radius 2 is 1.85 bits per heavy atom. The monoisotopic (exact) mass is 375 g/mol. The Morgan fingerprint density at radius 3 is 2.46 bits per heavy atom. The zero-order valence-corrected chi connectivity index (χ0v) is 15.3. The fourth-order valence-corrected chi connectivity index (χ4v) is 2.53. The van der Waals surface area contributed by atoms with Crippen molar-refractivity contribution in [2.75, 3.05) is 5.32 Å². The highest BCUT2D eigenvalue weighted by molar-refractivity contribution is 6.34. The first-order chi connectivity index (χ1) is 12.2. The molecule has 0 unspecified atom stereocenters. The van der Waals surface area contributed by atoms with E-state index in [4.69, 9.17) is 11.6 Å². The van der Waals surface area contributed by atoms with E-state index in [9.17, 15) is 19.7 Å². The number of carbonyl (C=O) groups excluding carboxylic acids is 2. The normalized spacial score (nSPS) is 10.5. The number of nitro benzene ring substituents is 1. The summed E-state index contributed by atoms with van der Waals surface area (Å²) in [4.78, 5) is 35.1. The number of rotatable bonds is 5. The molecule has 0 aliphatic rings. The molecule has 0 aliphatic heterocycles. The van der Waals surface area contributed by atoms with Crippen LogP contribution in [-0.2, 0) is 0 Å². The van der Waals surface area contributed by atoms with Gasteiger partial charge < -0.3 is 10.6 Å². The van der Waals surface area contributed by atoms with E-state index in [1.165, 1.54) is 37.3 Å². The zero-order chi connectivity index (χ0) is 19.4. The first-order valence-corrected chi connectivity index (χ1v) is 8.24. The molecule has 0 fully saturated rings. The quantitative estimate of drug-likeness (QED) is 0.610. The summed E-state index contributed by atoms with van der Waals surface area (Å²) >= 11 is 6.11. The van der Waals surface area contributed by atoms with E-state index in [-0.39, 0.29) is 39.5 Å². The number of anilines is 1. The SMILES string of the molecule is Cc1c(C(=O)Nc2cc(C(=O)NC(C)C)ccc2Cl)cccc1[N+](=O)[O-]. The number of benzene rings is 2. The summed E-state index contributed by atoms with van der Waals surface area (Å²) in [7, 11) is 0. The lowest BCUT2D eigenvalue weighted by atomic mass is 10.1. The van der Waals surface area contributed by atoms with Gasteiger partial charge in [-0.05, 0) is 45.0 Å². The van der Waals surface area contributed by atoms with Gasteiger partial charge in [-0.3, -0.25) is 19.7 Å². The van der Waals surface area contributed by atoms with Crippen LogP contribution in [0.15, 0.2) is 36.4 Å². The van der Waals surface area contributed by atoms with Crippen LogP contribution >= 0.6 is 11.6 Å². The van der Waals surface area contributed by atoms with E-state index < -0.39 is 10.8 Å². The Labute approximate surface area is 155 Å². The van der Waals surface area contributed by atoms with Crippen LogP contribution in [0.1, 0.15) is 40.1 Å². The summed E-state index contributed by atoms with van der Waals surface area (Å²) in [5.41, 5.74) is 0.856. The van der Waals surface area contributed by atoms with Crippen LogP contribution in [0.4, 0.5) is 11.4 Å². The van der Waals surface area contributed by atoms with Gasteiger partial charge in [0.1, 0.15) is 0 Å². The number of hydrogen-bond acceptors (Lipinski definition) is 4. The minimum Gasteiger partial charge on any atom is -0.350 e. The molecule has 2 rings (SSSR count). The molecule has 2 N–H and O–H groups in total. The number of carbonyl (C=O) groups is 2. The van der Waals surface area contributed by atoms with E-state index in [1.807, 2.05) is 13.8 Å². The number of amides is 2. The fraction of sp³-hybridized carbons (Fsp3) is 0.222. The molecule has 2 aromatic carbocycles. The lowest BCUT2D eigenvalue weighted by molar-refractivity contribution is -0.385. The first-order valence-electron chi connectivity index (χ1n) is 7.86. The van der Waals surface area contributed by atoms with Gasteiger partial charge in [0.2, 0.25) is 0 Å². The molecule has 0 heterocycles. The summed E-state index contributed by atoms with van der Waals surface area (Å²) in [5, 5.41) is 16.6. The molecule has 0 radical (unpaired) electrons. The average Bonchev–Trinajstić information content (AvgIpc) is 2.55. The highest BCUT2D eigenvalue weighted by atomic mass is 35.5. The summed E-state index contributed by atoms with van der Waals surface area (Å²) in [6.07, 6.45) is 0. The predicted molar refractivity (Wildman–Crippen MR) is 99.8 cm³/mol. The van der Waals surface area contributed by atoms with Crippen LogP contribution in [0.2, 0.25) is 5.02 Å². The topological polar surface area (TPSA) is 101 Å². The number of nitro groups is 1. The zero-order valence-electron chi connectivity index (χ0n) is 14.5. The molecule has 26 heavy (non-hydrogen) atoms. The third kappa shape index (κ3) is 4.37. The number of nitrogens with zero attached hydrogens (tertiary/aromatic N) is 1. The van der Waals surface area contributed by atoms with Crippen molar-refractivity contribution >= 4 is 34.8 Å². The molecule has 136 valence electrons. The minimum absolute atomic E-state index is 0.0382. The van der Waals surface area contributed by atoms with Crippen LogP contribution < -0.4 is 10.6 Å². The maximum absolute atomic E-state index is 12.5. The van der Waals surface area contributed by atoms with Gasteiger partial charge in [-0.15, -0.1) is 0 Å². The van der Waals surface area contributed by atoms with E-state index in [2.05, 4.69) is 10.6 Å². The Kier molecular flexibility index (Phi) is 5.94. The molecule has 0 saturated carbocycles. The van der Waals surface area contributed by atoms with Gasteiger partial charge in [0, 0.05) is 28.8 Å². The molecular weight excluding hydrogens is 358 g/mol. The van der Waals surface area contributed by atoms with Crippen molar-refractivity contribution in [1.82, 2.24) is 5.32 Å². The maximum atomic E-state index is 12.5. The van der Waals surface area contributed by atoms with Gasteiger partial charge in [-0.25, -0.2) is 0 Å². The van der Waals surface area contributed by atoms with Crippen molar-refractivity contribution in [1.29, 1.82) is 0 Å². The first kappa shape index (κ1) is 19.4. The van der Waals surface area contributed by atoms with Gasteiger partial charge in [0.15, 0.2) is 0 Å². The summed E-state index contributed by atoms with van der Waals surface area (Å²) in [5.74, 6) is -0.840. The molecule has 0 saturated heterocycles. The van der Waals surface area contributed by atoms with Crippen molar-refractivity contribution in [3.05, 3.63) is 68.2 Å². The second-order valence-corrected chi connectivity index (χ2v) is 6.39. The van der Waals surface area contributed by atoms with Gasteiger partial charge in [-0.1, -0.05) is 17.7 Å². The van der Waals surface area contributed by atoms with Crippen LogP contribution in [0.3, 0.4) is 0 Å². The summed E-state index contributed by atoms with van der Waals surface area (Å²) < 4.78 is 0. The van der Waals surface area contributed by atoms with Crippen molar-refractivity contribution in [3.63, 3.8) is 0 Å². The highest BCUT2D eigenvalue weighted by Gasteiger charge is 2.19. The van der Waals surface area contributed by atoms with Crippen molar-refractivity contribution in [2.24, 2.45) is 0 Å². The smallest absolute Gasteiger partial charge is 0.273 e. The van der Waals surface area contributed by atoms with Gasteiger partial charge in [0.25, 0.3) is 17.5 Å². The van der Waals surface area contributed by atoms with Gasteiger partial charge in [0.05, 0.1) is 15.6 Å². The third-order valence-corrected chi connectivity index (χ3v) is 3.97. The van der Waals surface area contributed by atoms with E-state index in [0.29, 0.717) is 5.56 Å². The largest absolute Gasteiger partial charge is 0.350 e. The Balaban J connectivity index is 2.31. The molecule has 0 spiro atoms. The molecule has 0 aliphatic carbocycles. The summed E-state index contributed by atoms with van der Waals surface area (Å²) in [6, 6.07) is 8.74. The number of hydrogen-bond donors (Lipinski definition) is 2. The van der Waals surface area contributed by atoms with Crippen LogP contribution in [0, 0.1) is 17.0 Å². The third-order valence-electron chi connectivity index (χ3n) is 3.64. The van der Waals surface area contributed by atoms with E-state index in [1.54, 1.807) is 6.07 Å². The van der Waals surface area contributed by atoms with E-state index in [0.717, 1.165) is 0 Å². The second kappa shape index (κ2) is 7.97. The molecule has 7 nitrogen and oxygen atoms in total. The van der Waals surface area contributed by atoms with Gasteiger partial charge in [-0.2, -0.15) is 0 Å². The average molecular weight is 376 g/mol. The molecule has 2 amide bonds. The van der Waals surface area contributed by atoms with Crippen LogP contribution in [0.5, 0.6) is 0 Å². The second-order valence-electron chi connectivity index (χ2n) is 5.98. The number of halogens is 1. The molecule has 0 aromatic heterocycles. The molecule has 0 bridgehead atoms. The molecule has 8 heteroatoms. The molecule has 0 atom stereocenters. The van der Waals surface area contributed by atoms with Crippen LogP contribution in [0.25, 0.3) is 0 Å². The lowest BCUT2D eigenvalue weighted by Crippen LogP contribution is -2.30. The predicted octanol–water partition coefficient (Wildman–Crippen LogP) is 3.95. The summed E-state index contributed by atoms with van der Waals surface area (Å²) in [6.45, 7) is 5.17. The Morgan fingerprint density at radius 1 is 1.15 bits per heavy atom. The number of nitrogens with one attached hydrogen (secondary N) is 2. The lowest BCUT2D eigenvalue weighted by Gasteiger charge is -2.12. The van der Waals surface area contributed by atoms with E-state index >= 15 is 0 Å². The van der Waals surface area contributed by atoms with Crippen molar-refractivity contribution in [2.45, 2.75) is 26.8 Å². The Hall–Kier alpha value is -2.93. The van der Waals surface area contributed by atoms with Crippen molar-refractivity contribution in [3.8, 4) is 0 Å². The standard InChI is InChI=1S/C18H18ClN3O4/c1-10(2)20-17(23)12-7-8-14(19)15(9-12)21-18(24)13-5-4-6-16(11(13)3)22(25)26/h4-10H,1-3H3,(H,20,23)(H,21,24). The van der Waals surface area contributed by atoms with Crippen molar-refractivity contribution < 1.29 is 14.5 Å². The van der Waals surface area contributed by atoms with Gasteiger partial charge >= 0.3 is 0 Å². The maximum Gasteiger partial charge on any atom is 0.273 e. The fourth-order valence-electron chi connectivity index (χ4n) is 2.36. The molecular formula is C18H18ClN3O4. The highest BCUT2D eigenvalue weighted by Crippen LogP contribution is 2.26. The van der Waals surface area contributed by atoms with Crippen LogP contribution in [-0.4, -0.2) is 22.8 Å².